The maximum atomic E-state index is 12.4. The van der Waals surface area contributed by atoms with E-state index >= 15 is 0 Å². The lowest BCUT2D eigenvalue weighted by molar-refractivity contribution is -0.124. The van der Waals surface area contributed by atoms with Crippen molar-refractivity contribution in [3.05, 3.63) is 41.9 Å². The summed E-state index contributed by atoms with van der Waals surface area (Å²) in [6.07, 6.45) is 3.52. The molecule has 158 valence electrons. The second-order valence-electron chi connectivity index (χ2n) is 7.08. The van der Waals surface area contributed by atoms with E-state index in [0.29, 0.717) is 41.9 Å². The monoisotopic (exact) mass is 417 g/mol. The number of alkyl halides is 2. The number of halogens is 2. The van der Waals surface area contributed by atoms with E-state index in [1.54, 1.807) is 36.3 Å². The van der Waals surface area contributed by atoms with Gasteiger partial charge in [0.25, 0.3) is 12.3 Å². The highest BCUT2D eigenvalue weighted by atomic mass is 19.3. The van der Waals surface area contributed by atoms with Crippen LogP contribution in [-0.4, -0.2) is 51.4 Å². The molecule has 8 nitrogen and oxygen atoms in total. The van der Waals surface area contributed by atoms with Gasteiger partial charge in [-0.1, -0.05) is 0 Å². The number of nitrogens with one attached hydrogen (secondary N) is 1. The summed E-state index contributed by atoms with van der Waals surface area (Å²) in [4.78, 5) is 20.7. The minimum Gasteiger partial charge on any atom is -0.471 e. The number of anilines is 1. The molecule has 4 heterocycles. The number of hydrogen-bond donors (Lipinski definition) is 1. The molecule has 1 aliphatic rings. The molecule has 3 aromatic heterocycles. The molecule has 1 unspecified atom stereocenters. The van der Waals surface area contributed by atoms with Gasteiger partial charge in [-0.2, -0.15) is 5.10 Å². The minimum atomic E-state index is -2.55. The Balaban J connectivity index is 1.50. The molecule has 1 aliphatic heterocycles. The predicted octanol–water partition coefficient (Wildman–Crippen LogP) is 2.94. The summed E-state index contributed by atoms with van der Waals surface area (Å²) < 4.78 is 36.8. The molecule has 1 saturated heterocycles. The Morgan fingerprint density at radius 3 is 3.03 bits per heavy atom. The van der Waals surface area contributed by atoms with Crippen LogP contribution in [0.4, 0.5) is 14.6 Å². The number of aryl methyl sites for hydroxylation is 1. The molecule has 1 fully saturated rings. The van der Waals surface area contributed by atoms with Gasteiger partial charge in [-0.05, 0) is 37.5 Å². The van der Waals surface area contributed by atoms with Gasteiger partial charge in [0.2, 0.25) is 5.88 Å². The van der Waals surface area contributed by atoms with Crippen LogP contribution in [0.25, 0.3) is 10.9 Å². The zero-order chi connectivity index (χ0) is 21.1. The molecule has 10 heteroatoms. The summed E-state index contributed by atoms with van der Waals surface area (Å²) in [6, 6.07) is 3.58. The van der Waals surface area contributed by atoms with Gasteiger partial charge < -0.3 is 14.8 Å². The first-order valence-electron chi connectivity index (χ1n) is 9.60. The highest BCUT2D eigenvalue weighted by molar-refractivity contribution is 6.00. The van der Waals surface area contributed by atoms with E-state index < -0.39 is 19.1 Å². The topological polar surface area (TPSA) is 91.2 Å². The van der Waals surface area contributed by atoms with Gasteiger partial charge >= 0.3 is 0 Å². The van der Waals surface area contributed by atoms with Crippen molar-refractivity contribution in [3.8, 4) is 5.88 Å². The van der Waals surface area contributed by atoms with Crippen molar-refractivity contribution in [2.24, 2.45) is 0 Å². The highest BCUT2D eigenvalue weighted by Gasteiger charge is 2.24. The minimum absolute atomic E-state index is 0.188. The second kappa shape index (κ2) is 8.70. The molecular formula is C20H21F2N5O3. The smallest absolute Gasteiger partial charge is 0.272 e. The molecule has 3 aromatic rings. The number of rotatable bonds is 7. The van der Waals surface area contributed by atoms with E-state index in [0.717, 1.165) is 12.0 Å². The molecule has 1 N–H and O–H groups in total. The third-order valence-electron chi connectivity index (χ3n) is 4.72. The summed E-state index contributed by atoms with van der Waals surface area (Å²) in [5, 5.41) is 8.06. The Morgan fingerprint density at radius 1 is 1.43 bits per heavy atom. The zero-order valence-electron chi connectivity index (χ0n) is 16.3. The van der Waals surface area contributed by atoms with E-state index in [1.165, 1.54) is 0 Å². The van der Waals surface area contributed by atoms with Gasteiger partial charge in [0, 0.05) is 30.8 Å². The first-order chi connectivity index (χ1) is 14.5. The van der Waals surface area contributed by atoms with Gasteiger partial charge in [-0.3, -0.25) is 9.48 Å². The molecule has 0 radical (unpaired) electrons. The number of amides is 1. The van der Waals surface area contributed by atoms with Crippen LogP contribution in [0.2, 0.25) is 0 Å². The zero-order valence-corrected chi connectivity index (χ0v) is 16.3. The van der Waals surface area contributed by atoms with Crippen molar-refractivity contribution in [1.29, 1.82) is 0 Å². The standard InChI is InChI=1S/C20H21F2N5O3/c1-12-7-13(8-24-20(12)30-11-17(21)22)9-27-10-14-15(26-27)4-5-23-18(14)25-19(28)16-3-2-6-29-16/h4-5,7-8,10,16-17H,2-3,6,9,11H2,1H3,(H,23,25,28). The predicted molar refractivity (Wildman–Crippen MR) is 105 cm³/mol. The Kier molecular flexibility index (Phi) is 5.84. The van der Waals surface area contributed by atoms with E-state index in [4.69, 9.17) is 9.47 Å². The fourth-order valence-electron chi connectivity index (χ4n) is 3.34. The number of ether oxygens (including phenoxy) is 2. The van der Waals surface area contributed by atoms with E-state index in [-0.39, 0.29) is 11.8 Å². The first kappa shape index (κ1) is 20.1. The maximum absolute atomic E-state index is 12.4. The van der Waals surface area contributed by atoms with Crippen molar-refractivity contribution in [1.82, 2.24) is 19.7 Å². The summed E-state index contributed by atoms with van der Waals surface area (Å²) in [5.41, 5.74) is 2.19. The Morgan fingerprint density at radius 2 is 2.30 bits per heavy atom. The number of fused-ring (bicyclic) bond motifs is 1. The van der Waals surface area contributed by atoms with Crippen LogP contribution in [0.3, 0.4) is 0 Å². The average Bonchev–Trinajstić information content (AvgIpc) is 3.37. The third kappa shape index (κ3) is 4.54. The summed E-state index contributed by atoms with van der Waals surface area (Å²) in [6.45, 7) is 2.06. The fraction of sp³-hybridized carbons (Fsp3) is 0.400. The molecule has 0 bridgehead atoms. The Hall–Kier alpha value is -3.14. The largest absolute Gasteiger partial charge is 0.471 e. The van der Waals surface area contributed by atoms with Gasteiger partial charge in [-0.25, -0.2) is 18.7 Å². The van der Waals surface area contributed by atoms with Crippen LogP contribution in [0, 0.1) is 6.92 Å². The van der Waals surface area contributed by atoms with Gasteiger partial charge in [0.05, 0.1) is 17.4 Å². The third-order valence-corrected chi connectivity index (χ3v) is 4.72. The number of pyridine rings is 2. The van der Waals surface area contributed by atoms with Crippen molar-refractivity contribution >= 4 is 22.6 Å². The number of nitrogens with zero attached hydrogens (tertiary/aromatic N) is 4. The SMILES string of the molecule is Cc1cc(Cn2cc3c(NC(=O)C4CCCO4)nccc3n2)cnc1OCC(F)F. The molecule has 0 spiro atoms. The molecule has 30 heavy (non-hydrogen) atoms. The van der Waals surface area contributed by atoms with Crippen molar-refractivity contribution in [3.63, 3.8) is 0 Å². The molecule has 0 aromatic carbocycles. The average molecular weight is 417 g/mol. The van der Waals surface area contributed by atoms with Crippen molar-refractivity contribution < 1.29 is 23.0 Å². The van der Waals surface area contributed by atoms with Crippen LogP contribution in [0.1, 0.15) is 24.0 Å². The molecular weight excluding hydrogens is 396 g/mol. The lowest BCUT2D eigenvalue weighted by Crippen LogP contribution is -2.27. The van der Waals surface area contributed by atoms with Crippen LogP contribution >= 0.6 is 0 Å². The summed E-state index contributed by atoms with van der Waals surface area (Å²) in [7, 11) is 0. The van der Waals surface area contributed by atoms with E-state index in [1.807, 2.05) is 6.07 Å². The quantitative estimate of drug-likeness (QED) is 0.636. The van der Waals surface area contributed by atoms with Gasteiger partial charge in [0.15, 0.2) is 6.61 Å². The fourth-order valence-corrected chi connectivity index (χ4v) is 3.34. The highest BCUT2D eigenvalue weighted by Crippen LogP contribution is 2.23. The number of hydrogen-bond acceptors (Lipinski definition) is 6. The van der Waals surface area contributed by atoms with Crippen LogP contribution in [-0.2, 0) is 16.1 Å². The first-order valence-corrected chi connectivity index (χ1v) is 9.60. The molecule has 1 amide bonds. The van der Waals surface area contributed by atoms with Crippen LogP contribution in [0.5, 0.6) is 5.88 Å². The lowest BCUT2D eigenvalue weighted by Gasteiger charge is -2.10. The normalized spacial score (nSPS) is 16.3. The number of carbonyl (C=O) groups excluding carboxylic acids is 1. The summed E-state index contributed by atoms with van der Waals surface area (Å²) in [5.74, 6) is 0.414. The molecule has 0 aliphatic carbocycles. The summed E-state index contributed by atoms with van der Waals surface area (Å²) >= 11 is 0. The van der Waals surface area contributed by atoms with Gasteiger partial charge in [0.1, 0.15) is 11.9 Å². The van der Waals surface area contributed by atoms with Gasteiger partial charge in [-0.15, -0.1) is 0 Å². The second-order valence-corrected chi connectivity index (χ2v) is 7.08. The Labute approximate surface area is 171 Å². The molecule has 1 atom stereocenters. The maximum Gasteiger partial charge on any atom is 0.272 e. The Bertz CT molecular complexity index is 1050. The van der Waals surface area contributed by atoms with Crippen LogP contribution < -0.4 is 10.1 Å². The molecule has 0 saturated carbocycles. The number of carbonyl (C=O) groups is 1. The number of aromatic nitrogens is 4. The van der Waals surface area contributed by atoms with Crippen LogP contribution in [0.15, 0.2) is 30.7 Å². The van der Waals surface area contributed by atoms with Crippen molar-refractivity contribution in [2.75, 3.05) is 18.5 Å². The lowest BCUT2D eigenvalue weighted by atomic mass is 10.2. The van der Waals surface area contributed by atoms with E-state index in [2.05, 4.69) is 20.4 Å². The molecule has 4 rings (SSSR count). The van der Waals surface area contributed by atoms with E-state index in [9.17, 15) is 13.6 Å². The van der Waals surface area contributed by atoms with Crippen molar-refractivity contribution in [2.45, 2.75) is 38.8 Å².